The van der Waals surface area contributed by atoms with Gasteiger partial charge in [0.15, 0.2) is 5.43 Å². The number of aromatic nitrogens is 1. The molecule has 1 aromatic heterocycles. The third-order valence-electron chi connectivity index (χ3n) is 2.49. The highest BCUT2D eigenvalue weighted by molar-refractivity contribution is 5.94. The zero-order valence-corrected chi connectivity index (χ0v) is 7.91. The number of nitrogens with one attached hydrogen (secondary N) is 2. The Hall–Kier alpha value is -1.58. The number of H-pyrrole nitrogens is 1. The van der Waals surface area contributed by atoms with Crippen LogP contribution < -0.4 is 10.7 Å². The number of amides is 1. The molecule has 0 radical (unpaired) electrons. The summed E-state index contributed by atoms with van der Waals surface area (Å²) in [4.78, 5) is 25.5. The van der Waals surface area contributed by atoms with Crippen LogP contribution in [0, 0.1) is 5.92 Å². The van der Waals surface area contributed by atoms with Gasteiger partial charge in [-0.25, -0.2) is 0 Å². The molecule has 1 heterocycles. The van der Waals surface area contributed by atoms with E-state index in [1.807, 2.05) is 0 Å². The molecule has 1 aromatic rings. The highest BCUT2D eigenvalue weighted by atomic mass is 16.2. The van der Waals surface area contributed by atoms with E-state index < -0.39 is 0 Å². The summed E-state index contributed by atoms with van der Waals surface area (Å²) in [6.45, 7) is 2.07. The number of hydrogen-bond acceptors (Lipinski definition) is 2. The van der Waals surface area contributed by atoms with Crippen molar-refractivity contribution in [2.24, 2.45) is 5.92 Å². The van der Waals surface area contributed by atoms with Crippen molar-refractivity contribution in [2.75, 3.05) is 0 Å². The molecule has 14 heavy (non-hydrogen) atoms. The van der Waals surface area contributed by atoms with Gasteiger partial charge >= 0.3 is 0 Å². The summed E-state index contributed by atoms with van der Waals surface area (Å²) in [5.74, 6) is 0.267. The summed E-state index contributed by atoms with van der Waals surface area (Å²) in [7, 11) is 0. The van der Waals surface area contributed by atoms with Gasteiger partial charge in [0.25, 0.3) is 5.91 Å². The molecular weight excluding hydrogens is 180 g/mol. The first kappa shape index (κ1) is 8.99. The molecule has 1 fully saturated rings. The van der Waals surface area contributed by atoms with E-state index in [0.29, 0.717) is 5.92 Å². The number of carbonyl (C=O) groups is 1. The third kappa shape index (κ3) is 1.69. The van der Waals surface area contributed by atoms with Crippen LogP contribution in [0.2, 0.25) is 0 Å². The van der Waals surface area contributed by atoms with Crippen LogP contribution in [0.3, 0.4) is 0 Å². The second kappa shape index (κ2) is 3.29. The largest absolute Gasteiger partial charge is 0.367 e. The average Bonchev–Trinajstić information content (AvgIpc) is 2.82. The van der Waals surface area contributed by atoms with Gasteiger partial charge in [0.05, 0.1) is 0 Å². The summed E-state index contributed by atoms with van der Waals surface area (Å²) >= 11 is 0. The van der Waals surface area contributed by atoms with Gasteiger partial charge in [-0.2, -0.15) is 0 Å². The van der Waals surface area contributed by atoms with E-state index in [2.05, 4.69) is 17.2 Å². The molecular formula is C10H12N2O2. The SMILES string of the molecule is CC1CC1NC(=O)c1c[nH]ccc1=O. The molecule has 1 aliphatic carbocycles. The fourth-order valence-electron chi connectivity index (χ4n) is 1.36. The van der Waals surface area contributed by atoms with Gasteiger partial charge in [0.2, 0.25) is 0 Å². The molecule has 2 rings (SSSR count). The molecule has 1 saturated carbocycles. The van der Waals surface area contributed by atoms with E-state index in [9.17, 15) is 9.59 Å². The number of hydrogen-bond donors (Lipinski definition) is 2. The number of pyridine rings is 1. The van der Waals surface area contributed by atoms with Crippen molar-refractivity contribution >= 4 is 5.91 Å². The fraction of sp³-hybridized carbons (Fsp3) is 0.400. The quantitative estimate of drug-likeness (QED) is 0.717. The van der Waals surface area contributed by atoms with E-state index in [0.717, 1.165) is 6.42 Å². The first-order valence-corrected chi connectivity index (χ1v) is 4.66. The topological polar surface area (TPSA) is 62.0 Å². The van der Waals surface area contributed by atoms with Gasteiger partial charge in [0, 0.05) is 24.5 Å². The fourth-order valence-corrected chi connectivity index (χ4v) is 1.36. The molecule has 0 spiro atoms. The predicted molar refractivity (Wildman–Crippen MR) is 52.1 cm³/mol. The van der Waals surface area contributed by atoms with E-state index in [4.69, 9.17) is 0 Å². The molecule has 4 nitrogen and oxygen atoms in total. The second-order valence-corrected chi connectivity index (χ2v) is 3.72. The zero-order chi connectivity index (χ0) is 10.1. The molecule has 0 saturated heterocycles. The van der Waals surface area contributed by atoms with Gasteiger partial charge in [-0.3, -0.25) is 9.59 Å². The Kier molecular flexibility index (Phi) is 2.11. The summed E-state index contributed by atoms with van der Waals surface area (Å²) in [5, 5.41) is 2.80. The summed E-state index contributed by atoms with van der Waals surface area (Å²) in [5.41, 5.74) is -0.0545. The Morgan fingerprint density at radius 3 is 2.93 bits per heavy atom. The van der Waals surface area contributed by atoms with Crippen molar-refractivity contribution in [2.45, 2.75) is 19.4 Å². The van der Waals surface area contributed by atoms with Crippen molar-refractivity contribution in [3.8, 4) is 0 Å². The maximum atomic E-state index is 11.5. The monoisotopic (exact) mass is 192 g/mol. The maximum absolute atomic E-state index is 11.5. The average molecular weight is 192 g/mol. The molecule has 2 unspecified atom stereocenters. The van der Waals surface area contributed by atoms with Crippen LogP contribution in [0.25, 0.3) is 0 Å². The number of carbonyl (C=O) groups excluding carboxylic acids is 1. The smallest absolute Gasteiger partial charge is 0.256 e. The van der Waals surface area contributed by atoms with Crippen LogP contribution in [0.15, 0.2) is 23.3 Å². The molecule has 0 bridgehead atoms. The zero-order valence-electron chi connectivity index (χ0n) is 7.91. The Bertz CT molecular complexity index is 411. The Labute approximate surface area is 81.3 Å². The molecule has 2 N–H and O–H groups in total. The number of rotatable bonds is 2. The molecule has 1 amide bonds. The molecule has 2 atom stereocenters. The lowest BCUT2D eigenvalue weighted by Crippen LogP contribution is -2.30. The minimum atomic E-state index is -0.277. The normalized spacial score (nSPS) is 24.4. The first-order valence-electron chi connectivity index (χ1n) is 4.66. The van der Waals surface area contributed by atoms with E-state index in [1.54, 1.807) is 0 Å². The molecule has 74 valence electrons. The third-order valence-corrected chi connectivity index (χ3v) is 2.49. The van der Waals surface area contributed by atoms with Gasteiger partial charge in [-0.05, 0) is 12.3 Å². The van der Waals surface area contributed by atoms with E-state index in [-0.39, 0.29) is 22.9 Å². The van der Waals surface area contributed by atoms with Gasteiger partial charge in [-0.15, -0.1) is 0 Å². The van der Waals surface area contributed by atoms with Crippen LogP contribution in [-0.4, -0.2) is 16.9 Å². The Morgan fingerprint density at radius 1 is 1.64 bits per heavy atom. The maximum Gasteiger partial charge on any atom is 0.256 e. The summed E-state index contributed by atoms with van der Waals surface area (Å²) in [6.07, 6.45) is 3.96. The van der Waals surface area contributed by atoms with E-state index in [1.165, 1.54) is 18.5 Å². The minimum absolute atomic E-state index is 0.187. The van der Waals surface area contributed by atoms with Crippen LogP contribution in [0.1, 0.15) is 23.7 Å². The lowest BCUT2D eigenvalue weighted by atomic mass is 10.2. The van der Waals surface area contributed by atoms with Crippen LogP contribution in [-0.2, 0) is 0 Å². The predicted octanol–water partition coefficient (Wildman–Crippen LogP) is 0.513. The van der Waals surface area contributed by atoms with Gasteiger partial charge in [-0.1, -0.05) is 6.92 Å². The van der Waals surface area contributed by atoms with Crippen molar-refractivity contribution in [3.63, 3.8) is 0 Å². The highest BCUT2D eigenvalue weighted by Gasteiger charge is 2.34. The Balaban J connectivity index is 2.11. The number of aromatic amines is 1. The summed E-state index contributed by atoms with van der Waals surface area (Å²) < 4.78 is 0. The van der Waals surface area contributed by atoms with Crippen molar-refractivity contribution < 1.29 is 4.79 Å². The van der Waals surface area contributed by atoms with Gasteiger partial charge in [0.1, 0.15) is 5.56 Å². The first-order chi connectivity index (χ1) is 6.68. The standard InChI is InChI=1S/C10H12N2O2/c1-6-4-8(6)12-10(14)7-5-11-3-2-9(7)13/h2-3,5-6,8H,4H2,1H3,(H,11,13)(H,12,14). The van der Waals surface area contributed by atoms with Crippen LogP contribution in [0.4, 0.5) is 0 Å². The van der Waals surface area contributed by atoms with Crippen molar-refractivity contribution in [1.29, 1.82) is 0 Å². The summed E-state index contributed by atoms with van der Waals surface area (Å²) in [6, 6.07) is 1.60. The minimum Gasteiger partial charge on any atom is -0.367 e. The molecule has 0 aliphatic heterocycles. The highest BCUT2D eigenvalue weighted by Crippen LogP contribution is 2.28. The van der Waals surface area contributed by atoms with Gasteiger partial charge < -0.3 is 10.3 Å². The van der Waals surface area contributed by atoms with Crippen molar-refractivity contribution in [1.82, 2.24) is 10.3 Å². The van der Waals surface area contributed by atoms with Crippen LogP contribution >= 0.6 is 0 Å². The van der Waals surface area contributed by atoms with Crippen molar-refractivity contribution in [3.05, 3.63) is 34.2 Å². The lowest BCUT2D eigenvalue weighted by Gasteiger charge is -2.01. The van der Waals surface area contributed by atoms with Crippen LogP contribution in [0.5, 0.6) is 0 Å². The molecule has 1 aliphatic rings. The lowest BCUT2D eigenvalue weighted by molar-refractivity contribution is 0.0948. The Morgan fingerprint density at radius 2 is 2.36 bits per heavy atom. The van der Waals surface area contributed by atoms with E-state index >= 15 is 0 Å². The second-order valence-electron chi connectivity index (χ2n) is 3.72. The molecule has 0 aromatic carbocycles. The molecule has 4 heteroatoms.